The van der Waals surface area contributed by atoms with Gasteiger partial charge >= 0.3 is 5.97 Å². The molecular weight excluding hydrogens is 256 g/mol. The fourth-order valence-corrected chi connectivity index (χ4v) is 2.33. The Hall–Kier alpha value is -1.50. The first-order valence-corrected chi connectivity index (χ1v) is 6.82. The maximum absolute atomic E-state index is 11.6. The Morgan fingerprint density at radius 3 is 2.61 bits per heavy atom. The van der Waals surface area contributed by atoms with Gasteiger partial charge in [0.15, 0.2) is 11.7 Å². The number of carboxylic acid groups (broad SMARTS) is 1. The molecule has 0 aromatic carbocycles. The molecule has 1 heterocycles. The van der Waals surface area contributed by atoms with Gasteiger partial charge in [-0.3, -0.25) is 4.79 Å². The number of nitrogens with zero attached hydrogens (tertiary/aromatic N) is 2. The Balaban J connectivity index is 3.17. The van der Waals surface area contributed by atoms with Crippen LogP contribution in [-0.4, -0.2) is 33.4 Å². The highest BCUT2D eigenvalue weighted by molar-refractivity contribution is 7.98. The van der Waals surface area contributed by atoms with Gasteiger partial charge in [0.1, 0.15) is 0 Å². The molecule has 0 radical (unpaired) electrons. The molecule has 0 bridgehead atoms. The van der Waals surface area contributed by atoms with Crippen LogP contribution < -0.4 is 4.73 Å². The summed E-state index contributed by atoms with van der Waals surface area (Å²) in [4.78, 5) is 22.5. The Kier molecular flexibility index (Phi) is 4.77. The van der Waals surface area contributed by atoms with Gasteiger partial charge in [0, 0.05) is 20.3 Å². The van der Waals surface area contributed by atoms with Crippen molar-refractivity contribution in [1.29, 1.82) is 0 Å². The van der Waals surface area contributed by atoms with Gasteiger partial charge in [-0.15, -0.1) is 0 Å². The molecule has 0 aliphatic carbocycles. The first-order chi connectivity index (χ1) is 8.40. The van der Waals surface area contributed by atoms with Crippen LogP contribution >= 0.6 is 11.8 Å². The molecule has 0 spiro atoms. The van der Waals surface area contributed by atoms with Gasteiger partial charge < -0.3 is 10.3 Å². The molecule has 1 N–H and O–H groups in total. The zero-order valence-corrected chi connectivity index (χ0v) is 11.4. The number of hydrogen-bond acceptors (Lipinski definition) is 4. The van der Waals surface area contributed by atoms with Crippen LogP contribution in [0.4, 0.5) is 0 Å². The lowest BCUT2D eigenvalue weighted by molar-refractivity contribution is -0.607. The highest BCUT2D eigenvalue weighted by Crippen LogP contribution is 2.18. The van der Waals surface area contributed by atoms with E-state index in [2.05, 4.69) is 0 Å². The van der Waals surface area contributed by atoms with Crippen LogP contribution in [0.25, 0.3) is 0 Å². The van der Waals surface area contributed by atoms with Crippen molar-refractivity contribution in [3.63, 3.8) is 0 Å². The van der Waals surface area contributed by atoms with Crippen LogP contribution in [0.1, 0.15) is 35.6 Å². The molecule has 1 rings (SSSR count). The lowest BCUT2D eigenvalue weighted by Gasteiger charge is -2.09. The smallest absolute Gasteiger partial charge is 0.349 e. The molecule has 18 heavy (non-hydrogen) atoms. The molecule has 0 fully saturated rings. The van der Waals surface area contributed by atoms with Crippen LogP contribution in [0.2, 0.25) is 0 Å². The topological polar surface area (TPSA) is 86.2 Å². The third-order valence-corrected chi connectivity index (χ3v) is 3.37. The van der Waals surface area contributed by atoms with Gasteiger partial charge in [0.05, 0.1) is 0 Å². The minimum absolute atomic E-state index is 0.00500. The van der Waals surface area contributed by atoms with Gasteiger partial charge in [-0.1, -0.05) is 0 Å². The molecule has 7 heteroatoms. The summed E-state index contributed by atoms with van der Waals surface area (Å²) in [6, 6.07) is -0.814. The lowest BCUT2D eigenvalue weighted by atomic mass is 10.2. The maximum Gasteiger partial charge on any atom is 0.349 e. The van der Waals surface area contributed by atoms with Crippen LogP contribution in [-0.2, 0) is 4.79 Å². The van der Waals surface area contributed by atoms with Crippen molar-refractivity contribution < 1.29 is 19.4 Å². The second-order valence-electron chi connectivity index (χ2n) is 3.97. The third-order valence-electron chi connectivity index (χ3n) is 2.73. The molecule has 0 amide bonds. The Bertz CT molecular complexity index is 470. The second kappa shape index (κ2) is 5.90. The predicted octanol–water partition coefficient (Wildman–Crippen LogP) is 1.01. The predicted molar refractivity (Wildman–Crippen MR) is 67.8 cm³/mol. The minimum Gasteiger partial charge on any atom is -0.710 e. The average molecular weight is 272 g/mol. The molecule has 1 aromatic rings. The summed E-state index contributed by atoms with van der Waals surface area (Å²) in [5.41, 5.74) is 0.399. The van der Waals surface area contributed by atoms with E-state index in [0.29, 0.717) is 22.6 Å². The summed E-state index contributed by atoms with van der Waals surface area (Å²) in [7, 11) is 0. The van der Waals surface area contributed by atoms with Crippen LogP contribution in [0.15, 0.2) is 6.33 Å². The molecule has 0 saturated carbocycles. The van der Waals surface area contributed by atoms with Crippen molar-refractivity contribution in [3.8, 4) is 0 Å². The van der Waals surface area contributed by atoms with Crippen molar-refractivity contribution >= 4 is 23.5 Å². The van der Waals surface area contributed by atoms with E-state index in [-0.39, 0.29) is 11.5 Å². The van der Waals surface area contributed by atoms with E-state index in [9.17, 15) is 19.9 Å². The summed E-state index contributed by atoms with van der Waals surface area (Å²) in [6.07, 6.45) is 3.42. The standard InChI is InChI=1S/C11H16N2O4S/c1-7-10(8(2)14)13(17)6-12(7)9(11(15)16)4-5-18-3/h6,9H,4-5H2,1-3H3,(H,15,16). The van der Waals surface area contributed by atoms with Gasteiger partial charge in [-0.2, -0.15) is 11.8 Å². The SMILES string of the molecule is CSCCC(C(=O)O)n1c[n+]([O-])c(C(C)=O)c1C. The van der Waals surface area contributed by atoms with Crippen molar-refractivity contribution in [1.82, 2.24) is 4.57 Å². The zero-order valence-electron chi connectivity index (χ0n) is 10.5. The summed E-state index contributed by atoms with van der Waals surface area (Å²) in [5.74, 6) is -0.698. The Labute approximate surface area is 109 Å². The van der Waals surface area contributed by atoms with E-state index >= 15 is 0 Å². The molecule has 1 aromatic heterocycles. The van der Waals surface area contributed by atoms with Gasteiger partial charge in [-0.25, -0.2) is 14.1 Å². The summed E-state index contributed by atoms with van der Waals surface area (Å²) >= 11 is 1.54. The molecule has 0 saturated heterocycles. The van der Waals surface area contributed by atoms with E-state index in [1.165, 1.54) is 23.3 Å². The first kappa shape index (κ1) is 14.6. The number of carbonyl (C=O) groups excluding carboxylic acids is 1. The zero-order chi connectivity index (χ0) is 13.9. The van der Waals surface area contributed by atoms with Crippen LogP contribution in [0.3, 0.4) is 0 Å². The molecule has 6 nitrogen and oxygen atoms in total. The van der Waals surface area contributed by atoms with Crippen molar-refractivity contribution in [2.75, 3.05) is 12.0 Å². The first-order valence-electron chi connectivity index (χ1n) is 5.43. The number of rotatable bonds is 6. The van der Waals surface area contributed by atoms with Crippen molar-refractivity contribution in [3.05, 3.63) is 22.9 Å². The number of carbonyl (C=O) groups is 2. The number of thioether (sulfide) groups is 1. The fraction of sp³-hybridized carbons (Fsp3) is 0.545. The van der Waals surface area contributed by atoms with E-state index in [4.69, 9.17) is 0 Å². The summed E-state index contributed by atoms with van der Waals surface area (Å²) in [6.45, 7) is 2.87. The maximum atomic E-state index is 11.6. The molecule has 0 aliphatic rings. The number of hydrogen-bond donors (Lipinski definition) is 1. The number of imidazole rings is 1. The van der Waals surface area contributed by atoms with Gasteiger partial charge in [-0.05, 0) is 12.0 Å². The monoisotopic (exact) mass is 272 g/mol. The van der Waals surface area contributed by atoms with E-state index in [0.717, 1.165) is 6.33 Å². The van der Waals surface area contributed by atoms with E-state index in [1.807, 2.05) is 6.26 Å². The molecule has 1 unspecified atom stereocenters. The number of aromatic nitrogens is 2. The Morgan fingerprint density at radius 1 is 1.61 bits per heavy atom. The summed E-state index contributed by atoms with van der Waals surface area (Å²) in [5, 5.41) is 20.8. The number of Topliss-reactive ketones (excluding diaryl/α,β-unsaturated/α-hetero) is 1. The molecule has 100 valence electrons. The van der Waals surface area contributed by atoms with Gasteiger partial charge in [0.2, 0.25) is 17.8 Å². The molecule has 1 atom stereocenters. The van der Waals surface area contributed by atoms with E-state index < -0.39 is 12.0 Å². The number of carboxylic acids is 1. The molecular formula is C11H16N2O4S. The normalized spacial score (nSPS) is 12.4. The fourth-order valence-electron chi connectivity index (χ4n) is 1.87. The highest BCUT2D eigenvalue weighted by atomic mass is 32.2. The van der Waals surface area contributed by atoms with Crippen LogP contribution in [0, 0.1) is 12.1 Å². The average Bonchev–Trinajstić information content (AvgIpc) is 2.54. The summed E-state index contributed by atoms with van der Waals surface area (Å²) < 4.78 is 1.80. The van der Waals surface area contributed by atoms with Gasteiger partial charge in [0.25, 0.3) is 0 Å². The van der Waals surface area contributed by atoms with E-state index in [1.54, 1.807) is 6.92 Å². The quantitative estimate of drug-likeness (QED) is 0.474. The number of ketones is 1. The van der Waals surface area contributed by atoms with Crippen molar-refractivity contribution in [2.24, 2.45) is 0 Å². The minimum atomic E-state index is -1.00. The second-order valence-corrected chi connectivity index (χ2v) is 4.96. The van der Waals surface area contributed by atoms with Crippen molar-refractivity contribution in [2.45, 2.75) is 26.3 Å². The largest absolute Gasteiger partial charge is 0.710 e. The third kappa shape index (κ3) is 2.84. The highest BCUT2D eigenvalue weighted by Gasteiger charge is 2.30. The Morgan fingerprint density at radius 2 is 2.22 bits per heavy atom. The molecule has 0 aliphatic heterocycles. The lowest BCUT2D eigenvalue weighted by Crippen LogP contribution is -2.31. The number of aliphatic carboxylic acids is 1. The van der Waals surface area contributed by atoms with Crippen LogP contribution in [0.5, 0.6) is 0 Å².